The lowest BCUT2D eigenvalue weighted by Crippen LogP contribution is -2.39. The summed E-state index contributed by atoms with van der Waals surface area (Å²) in [5, 5.41) is 2.39. The summed E-state index contributed by atoms with van der Waals surface area (Å²) in [6, 6.07) is 10.5. The van der Waals surface area contributed by atoms with E-state index in [-0.39, 0.29) is 4.90 Å². The van der Waals surface area contributed by atoms with Crippen molar-refractivity contribution in [1.82, 2.24) is 4.98 Å². The molecule has 1 saturated heterocycles. The normalized spacial score (nSPS) is 14.6. The van der Waals surface area contributed by atoms with Gasteiger partial charge in [-0.25, -0.2) is 13.4 Å². The fourth-order valence-corrected chi connectivity index (χ4v) is 6.80. The minimum absolute atomic E-state index is 0.206. The minimum Gasteiger partial charge on any atom is -0.497 e. The second-order valence-electron chi connectivity index (χ2n) is 7.86. The van der Waals surface area contributed by atoms with E-state index in [1.807, 2.05) is 23.6 Å². The third kappa shape index (κ3) is 4.78. The first kappa shape index (κ1) is 24.2. The number of aromatic nitrogens is 1. The third-order valence-corrected chi connectivity index (χ3v) is 9.17. The molecule has 34 heavy (non-hydrogen) atoms. The van der Waals surface area contributed by atoms with Gasteiger partial charge in [0.15, 0.2) is 15.0 Å². The van der Waals surface area contributed by atoms with Gasteiger partial charge in [0.1, 0.15) is 27.9 Å². The van der Waals surface area contributed by atoms with Crippen LogP contribution in [0.5, 0.6) is 23.0 Å². The van der Waals surface area contributed by atoms with Gasteiger partial charge in [-0.2, -0.15) is 0 Å². The molecule has 1 aliphatic rings. The van der Waals surface area contributed by atoms with Crippen LogP contribution in [0.1, 0.15) is 12.8 Å². The molecule has 1 fully saturated rings. The van der Waals surface area contributed by atoms with Gasteiger partial charge >= 0.3 is 0 Å². The van der Waals surface area contributed by atoms with Crippen molar-refractivity contribution in [2.24, 2.45) is 0 Å². The number of piperidine rings is 1. The summed E-state index contributed by atoms with van der Waals surface area (Å²) in [4.78, 5) is 7.14. The zero-order chi connectivity index (χ0) is 24.3. The van der Waals surface area contributed by atoms with Crippen LogP contribution in [0.25, 0.3) is 11.3 Å². The molecule has 1 aromatic heterocycles. The maximum atomic E-state index is 13.3. The molecule has 0 radical (unpaired) electrons. The van der Waals surface area contributed by atoms with E-state index in [1.54, 1.807) is 43.8 Å². The summed E-state index contributed by atoms with van der Waals surface area (Å²) in [6.07, 6.45) is 1.03. The lowest BCUT2D eigenvalue weighted by Gasteiger charge is -2.31. The highest BCUT2D eigenvalue weighted by atomic mass is 32.2. The smallest absolute Gasteiger partial charge is 0.185 e. The summed E-state index contributed by atoms with van der Waals surface area (Å²) in [5.41, 5.74) is 1.73. The van der Waals surface area contributed by atoms with Gasteiger partial charge in [-0.05, 0) is 37.1 Å². The molecule has 0 amide bonds. The Kier molecular flexibility index (Phi) is 7.18. The molecule has 0 saturated carbocycles. The number of benzene rings is 2. The molecule has 8 nitrogen and oxygen atoms in total. The quantitative estimate of drug-likeness (QED) is 0.449. The van der Waals surface area contributed by atoms with E-state index in [4.69, 9.17) is 23.9 Å². The molecule has 182 valence electrons. The SMILES string of the molecule is COc1cc(OC)cc(-c2csc(N3CCC(S(=O)(=O)c4ccc(OC)cc4OC)CC3)n2)c1. The van der Waals surface area contributed by atoms with Crippen LogP contribution in [0.4, 0.5) is 5.13 Å². The van der Waals surface area contributed by atoms with E-state index in [1.165, 1.54) is 14.2 Å². The molecule has 0 unspecified atom stereocenters. The Morgan fingerprint density at radius 1 is 0.882 bits per heavy atom. The molecule has 0 spiro atoms. The summed E-state index contributed by atoms with van der Waals surface area (Å²) in [6.45, 7) is 1.22. The van der Waals surface area contributed by atoms with E-state index in [0.29, 0.717) is 48.9 Å². The van der Waals surface area contributed by atoms with E-state index in [2.05, 4.69) is 4.90 Å². The van der Waals surface area contributed by atoms with Gasteiger partial charge in [-0.15, -0.1) is 11.3 Å². The van der Waals surface area contributed by atoms with Crippen LogP contribution in [0, 0.1) is 0 Å². The Balaban J connectivity index is 1.48. The van der Waals surface area contributed by atoms with Gasteiger partial charge in [-0.3, -0.25) is 0 Å². The Hall–Kier alpha value is -2.98. The molecule has 0 atom stereocenters. The number of hydrogen-bond donors (Lipinski definition) is 0. The summed E-state index contributed by atoms with van der Waals surface area (Å²) in [5.74, 6) is 2.26. The van der Waals surface area contributed by atoms with E-state index in [9.17, 15) is 8.42 Å². The largest absolute Gasteiger partial charge is 0.497 e. The summed E-state index contributed by atoms with van der Waals surface area (Å²) in [7, 11) is 2.69. The van der Waals surface area contributed by atoms with Crippen molar-refractivity contribution in [3.05, 3.63) is 41.8 Å². The number of ether oxygens (including phenoxy) is 4. The highest BCUT2D eigenvalue weighted by molar-refractivity contribution is 7.92. The fraction of sp³-hybridized carbons (Fsp3) is 0.375. The molecule has 0 aliphatic carbocycles. The van der Waals surface area contributed by atoms with Crippen LogP contribution in [0.15, 0.2) is 46.7 Å². The number of rotatable bonds is 8. The van der Waals surface area contributed by atoms with Crippen molar-refractivity contribution in [1.29, 1.82) is 0 Å². The summed E-state index contributed by atoms with van der Waals surface area (Å²) >= 11 is 1.54. The van der Waals surface area contributed by atoms with Crippen LogP contribution < -0.4 is 23.8 Å². The number of hydrogen-bond acceptors (Lipinski definition) is 9. The first-order chi connectivity index (χ1) is 16.4. The van der Waals surface area contributed by atoms with Crippen molar-refractivity contribution < 1.29 is 27.4 Å². The second kappa shape index (κ2) is 10.1. The van der Waals surface area contributed by atoms with Gasteiger partial charge in [0.05, 0.1) is 39.4 Å². The van der Waals surface area contributed by atoms with Crippen LogP contribution in [-0.4, -0.2) is 60.2 Å². The predicted molar refractivity (Wildman–Crippen MR) is 133 cm³/mol. The monoisotopic (exact) mass is 504 g/mol. The molecule has 3 aromatic rings. The standard InChI is InChI=1S/C24H28N2O6S2/c1-29-17-5-6-23(22(14-17)32-4)34(27,28)20-7-9-26(10-8-20)24-25-21(15-33-24)16-11-18(30-2)13-19(12-16)31-3/h5-6,11-15,20H,7-10H2,1-4H3. The van der Waals surface area contributed by atoms with Crippen LogP contribution in [0.2, 0.25) is 0 Å². The van der Waals surface area contributed by atoms with Gasteiger partial charge in [0.25, 0.3) is 0 Å². The first-order valence-corrected chi connectivity index (χ1v) is 13.2. The summed E-state index contributed by atoms with van der Waals surface area (Å²) < 4.78 is 47.9. The van der Waals surface area contributed by atoms with Gasteiger partial charge in [0, 0.05) is 36.2 Å². The molecule has 2 heterocycles. The maximum Gasteiger partial charge on any atom is 0.185 e. The predicted octanol–water partition coefficient (Wildman–Crippen LogP) is 4.29. The minimum atomic E-state index is -3.54. The number of anilines is 1. The maximum absolute atomic E-state index is 13.3. The topological polar surface area (TPSA) is 87.2 Å². The third-order valence-electron chi connectivity index (χ3n) is 5.97. The molecule has 2 aromatic carbocycles. The lowest BCUT2D eigenvalue weighted by atomic mass is 10.1. The van der Waals surface area contributed by atoms with Crippen molar-refractivity contribution in [2.75, 3.05) is 46.4 Å². The number of thiazole rings is 1. The zero-order valence-electron chi connectivity index (χ0n) is 19.6. The van der Waals surface area contributed by atoms with Gasteiger partial charge in [0.2, 0.25) is 0 Å². The molecule has 0 N–H and O–H groups in total. The molecular weight excluding hydrogens is 476 g/mol. The van der Waals surface area contributed by atoms with Crippen LogP contribution >= 0.6 is 11.3 Å². The number of sulfone groups is 1. The Labute approximate surface area is 204 Å². The van der Waals surface area contributed by atoms with Gasteiger partial charge < -0.3 is 23.8 Å². The lowest BCUT2D eigenvalue weighted by molar-refractivity contribution is 0.385. The fourth-order valence-electron chi connectivity index (χ4n) is 4.04. The Morgan fingerprint density at radius 2 is 1.53 bits per heavy atom. The van der Waals surface area contributed by atoms with Gasteiger partial charge in [-0.1, -0.05) is 0 Å². The molecular formula is C24H28N2O6S2. The molecule has 4 rings (SSSR count). The number of nitrogens with zero attached hydrogens (tertiary/aromatic N) is 2. The first-order valence-electron chi connectivity index (χ1n) is 10.8. The molecule has 0 bridgehead atoms. The van der Waals surface area contributed by atoms with Crippen molar-refractivity contribution >= 4 is 26.3 Å². The second-order valence-corrected chi connectivity index (χ2v) is 10.9. The van der Waals surface area contributed by atoms with E-state index < -0.39 is 15.1 Å². The van der Waals surface area contributed by atoms with E-state index in [0.717, 1.165) is 16.4 Å². The number of methoxy groups -OCH3 is 4. The molecule has 10 heteroatoms. The van der Waals surface area contributed by atoms with Crippen molar-refractivity contribution in [2.45, 2.75) is 23.0 Å². The van der Waals surface area contributed by atoms with E-state index >= 15 is 0 Å². The average molecular weight is 505 g/mol. The average Bonchev–Trinajstić information content (AvgIpc) is 3.38. The highest BCUT2D eigenvalue weighted by Gasteiger charge is 2.34. The van der Waals surface area contributed by atoms with Crippen molar-refractivity contribution in [3.63, 3.8) is 0 Å². The van der Waals surface area contributed by atoms with Crippen molar-refractivity contribution in [3.8, 4) is 34.3 Å². The Bertz CT molecular complexity index is 1230. The zero-order valence-corrected chi connectivity index (χ0v) is 21.2. The Morgan fingerprint density at radius 3 is 2.12 bits per heavy atom. The molecule has 1 aliphatic heterocycles. The van der Waals surface area contributed by atoms with Crippen LogP contribution in [0.3, 0.4) is 0 Å². The highest BCUT2D eigenvalue weighted by Crippen LogP contribution is 2.36. The van der Waals surface area contributed by atoms with Crippen LogP contribution in [-0.2, 0) is 9.84 Å².